The van der Waals surface area contributed by atoms with Gasteiger partial charge in [-0.1, -0.05) is 30.3 Å². The predicted octanol–water partition coefficient (Wildman–Crippen LogP) is 3.47. The number of aryl methyl sites for hydroxylation is 2. The molecular formula is C28H29N3O6. The number of carbonyl (C=O) groups excluding carboxylic acids is 1. The molecule has 0 bridgehead atoms. The first kappa shape index (κ1) is 25.6. The van der Waals surface area contributed by atoms with Gasteiger partial charge in [0.25, 0.3) is 5.91 Å². The van der Waals surface area contributed by atoms with Gasteiger partial charge in [0.1, 0.15) is 18.1 Å². The highest BCUT2D eigenvalue weighted by molar-refractivity contribution is 5.78. The summed E-state index contributed by atoms with van der Waals surface area (Å²) in [5.74, 6) is 0.383. The number of nitrogens with zero attached hydrogens (tertiary/aromatic N) is 1. The maximum absolute atomic E-state index is 11.6. The molecule has 4 aromatic rings. The van der Waals surface area contributed by atoms with Crippen LogP contribution in [0.25, 0.3) is 11.1 Å². The number of nitrogens with one attached hydrogen (secondary N) is 2. The normalized spacial score (nSPS) is 10.8. The minimum atomic E-state index is -0.779. The summed E-state index contributed by atoms with van der Waals surface area (Å²) in [6.07, 6.45) is 0. The molecule has 0 saturated heterocycles. The van der Waals surface area contributed by atoms with Crippen molar-refractivity contribution < 1.29 is 18.8 Å². The molecule has 0 fully saturated rings. The quantitative estimate of drug-likeness (QED) is 0.361. The van der Waals surface area contributed by atoms with E-state index >= 15 is 0 Å². The third-order valence-corrected chi connectivity index (χ3v) is 6.14. The van der Waals surface area contributed by atoms with E-state index in [1.54, 1.807) is 7.05 Å². The van der Waals surface area contributed by atoms with E-state index in [9.17, 15) is 14.4 Å². The molecule has 0 saturated carbocycles. The molecule has 192 valence electrons. The van der Waals surface area contributed by atoms with Crippen LogP contribution in [-0.2, 0) is 17.9 Å². The third-order valence-electron chi connectivity index (χ3n) is 6.14. The first-order valence-corrected chi connectivity index (χ1v) is 11.8. The van der Waals surface area contributed by atoms with Crippen LogP contribution >= 0.6 is 0 Å². The number of aromatic amines is 1. The zero-order valence-corrected chi connectivity index (χ0v) is 21.2. The van der Waals surface area contributed by atoms with Crippen LogP contribution in [0.1, 0.15) is 27.8 Å². The number of hydrogen-bond acceptors (Lipinski definition) is 6. The lowest BCUT2D eigenvalue weighted by Gasteiger charge is -2.18. The molecule has 0 radical (unpaired) electrons. The van der Waals surface area contributed by atoms with E-state index in [0.29, 0.717) is 18.1 Å². The number of likely N-dealkylation sites (N-methyl/N-ethyl adjacent to an activating group) is 1. The van der Waals surface area contributed by atoms with Crippen molar-refractivity contribution in [2.75, 3.05) is 13.7 Å². The second kappa shape index (κ2) is 11.0. The monoisotopic (exact) mass is 503 g/mol. The SMILES string of the molecule is CNC(=O)COc1cc(C)c(-c2cccc(COc3ccc(Cn4oc(=O)[nH]c4=O)cc3)c2C)c(C)c1. The number of rotatable bonds is 9. The van der Waals surface area contributed by atoms with Gasteiger partial charge in [-0.3, -0.25) is 4.79 Å². The van der Waals surface area contributed by atoms with Crippen LogP contribution in [0.5, 0.6) is 11.5 Å². The van der Waals surface area contributed by atoms with Gasteiger partial charge in [-0.2, -0.15) is 0 Å². The zero-order valence-electron chi connectivity index (χ0n) is 21.2. The molecule has 0 aliphatic rings. The van der Waals surface area contributed by atoms with Gasteiger partial charge >= 0.3 is 11.4 Å². The lowest BCUT2D eigenvalue weighted by atomic mass is 9.90. The Morgan fingerprint density at radius 1 is 0.973 bits per heavy atom. The van der Waals surface area contributed by atoms with E-state index in [4.69, 9.17) is 14.0 Å². The van der Waals surface area contributed by atoms with Gasteiger partial charge in [0.15, 0.2) is 6.61 Å². The second-order valence-corrected chi connectivity index (χ2v) is 8.76. The maximum Gasteiger partial charge on any atom is 0.440 e. The van der Waals surface area contributed by atoms with Gasteiger partial charge in [0.05, 0.1) is 6.54 Å². The van der Waals surface area contributed by atoms with Crippen LogP contribution in [0.2, 0.25) is 0 Å². The third kappa shape index (κ3) is 6.00. The predicted molar refractivity (Wildman–Crippen MR) is 139 cm³/mol. The molecule has 9 heteroatoms. The number of ether oxygens (including phenoxy) is 2. The highest BCUT2D eigenvalue weighted by atomic mass is 16.5. The standard InChI is InChI=1S/C28H29N3O6/c1-17-12-23(36-16-25(32)29-4)13-18(2)26(17)24-7-5-6-21(19(24)3)15-35-22-10-8-20(9-11-22)14-31-27(33)30-28(34)37-31/h5-13H,14-16H2,1-4H3,(H,29,32)(H,30,33,34). The Kier molecular flexibility index (Phi) is 7.62. The Bertz CT molecular complexity index is 1510. The molecule has 1 heterocycles. The van der Waals surface area contributed by atoms with Crippen molar-refractivity contribution in [3.05, 3.63) is 103 Å². The molecule has 3 aromatic carbocycles. The van der Waals surface area contributed by atoms with Gasteiger partial charge in [-0.25, -0.2) is 14.6 Å². The molecule has 0 atom stereocenters. The average Bonchev–Trinajstić information content (AvgIpc) is 3.19. The van der Waals surface area contributed by atoms with E-state index in [2.05, 4.69) is 23.3 Å². The molecule has 1 amide bonds. The smallest absolute Gasteiger partial charge is 0.440 e. The minimum absolute atomic E-state index is 0.0252. The van der Waals surface area contributed by atoms with Crippen LogP contribution in [0.15, 0.2) is 68.7 Å². The van der Waals surface area contributed by atoms with E-state index in [1.807, 2.05) is 62.4 Å². The fourth-order valence-corrected chi connectivity index (χ4v) is 4.20. The van der Waals surface area contributed by atoms with E-state index < -0.39 is 11.4 Å². The maximum atomic E-state index is 11.6. The fourth-order valence-electron chi connectivity index (χ4n) is 4.20. The molecule has 0 aliphatic carbocycles. The number of amides is 1. The summed E-state index contributed by atoms with van der Waals surface area (Å²) in [5, 5.41) is 2.55. The lowest BCUT2D eigenvalue weighted by Crippen LogP contribution is -2.24. The van der Waals surface area contributed by atoms with E-state index in [1.165, 1.54) is 0 Å². The Balaban J connectivity index is 1.47. The first-order chi connectivity index (χ1) is 17.7. The highest BCUT2D eigenvalue weighted by Crippen LogP contribution is 2.34. The summed E-state index contributed by atoms with van der Waals surface area (Å²) in [5.41, 5.74) is 6.74. The van der Waals surface area contributed by atoms with Gasteiger partial charge in [-0.15, -0.1) is 4.74 Å². The summed E-state index contributed by atoms with van der Waals surface area (Å²) >= 11 is 0. The molecule has 2 N–H and O–H groups in total. The van der Waals surface area contributed by atoms with Gasteiger partial charge in [-0.05, 0) is 84.0 Å². The van der Waals surface area contributed by atoms with Crippen LogP contribution in [0, 0.1) is 20.8 Å². The Morgan fingerprint density at radius 3 is 2.30 bits per heavy atom. The number of benzene rings is 3. The van der Waals surface area contributed by atoms with Gasteiger partial charge in [0.2, 0.25) is 0 Å². The Labute approximate surface area is 213 Å². The van der Waals surface area contributed by atoms with Crippen molar-refractivity contribution in [3.8, 4) is 22.6 Å². The minimum Gasteiger partial charge on any atom is -0.489 e. The molecule has 0 spiro atoms. The molecule has 9 nitrogen and oxygen atoms in total. The van der Waals surface area contributed by atoms with Crippen molar-refractivity contribution in [3.63, 3.8) is 0 Å². The van der Waals surface area contributed by atoms with Gasteiger partial charge < -0.3 is 19.3 Å². The van der Waals surface area contributed by atoms with Crippen molar-refractivity contribution >= 4 is 5.91 Å². The number of H-pyrrole nitrogens is 1. The van der Waals surface area contributed by atoms with Crippen molar-refractivity contribution in [2.24, 2.45) is 0 Å². The molecular weight excluding hydrogens is 474 g/mol. The average molecular weight is 504 g/mol. The topological polar surface area (TPSA) is 116 Å². The van der Waals surface area contributed by atoms with Crippen LogP contribution < -0.4 is 26.2 Å². The molecule has 1 aromatic heterocycles. The summed E-state index contributed by atoms with van der Waals surface area (Å²) in [6, 6.07) is 17.3. The lowest BCUT2D eigenvalue weighted by molar-refractivity contribution is -0.122. The summed E-state index contributed by atoms with van der Waals surface area (Å²) in [4.78, 5) is 36.3. The van der Waals surface area contributed by atoms with E-state index in [-0.39, 0.29) is 19.1 Å². The highest BCUT2D eigenvalue weighted by Gasteiger charge is 2.14. The summed E-state index contributed by atoms with van der Waals surface area (Å²) < 4.78 is 17.4. The van der Waals surface area contributed by atoms with E-state index in [0.717, 1.165) is 43.7 Å². The van der Waals surface area contributed by atoms with Gasteiger partial charge in [0, 0.05) is 7.05 Å². The Hall–Kier alpha value is -4.53. The molecule has 0 unspecified atom stereocenters. The zero-order chi connectivity index (χ0) is 26.5. The van der Waals surface area contributed by atoms with Crippen molar-refractivity contribution in [2.45, 2.75) is 33.9 Å². The fraction of sp³-hybridized carbons (Fsp3) is 0.250. The summed E-state index contributed by atoms with van der Waals surface area (Å²) in [6.45, 7) is 6.65. The Morgan fingerprint density at radius 2 is 1.68 bits per heavy atom. The molecule has 4 rings (SSSR count). The van der Waals surface area contributed by atoms with Crippen molar-refractivity contribution in [1.82, 2.24) is 15.0 Å². The number of hydrogen-bond donors (Lipinski definition) is 2. The largest absolute Gasteiger partial charge is 0.489 e. The van der Waals surface area contributed by atoms with Crippen molar-refractivity contribution in [1.29, 1.82) is 0 Å². The molecule has 0 aliphatic heterocycles. The van der Waals surface area contributed by atoms with Crippen LogP contribution in [0.4, 0.5) is 0 Å². The first-order valence-electron chi connectivity index (χ1n) is 11.8. The summed E-state index contributed by atoms with van der Waals surface area (Å²) in [7, 11) is 1.58. The number of aromatic nitrogens is 2. The second-order valence-electron chi connectivity index (χ2n) is 8.76. The molecule has 37 heavy (non-hydrogen) atoms. The van der Waals surface area contributed by atoms with Crippen LogP contribution in [-0.4, -0.2) is 29.3 Å². The van der Waals surface area contributed by atoms with Crippen LogP contribution in [0.3, 0.4) is 0 Å². The number of carbonyl (C=O) groups is 1.